The van der Waals surface area contributed by atoms with Gasteiger partial charge in [-0.15, -0.1) is 0 Å². The lowest BCUT2D eigenvalue weighted by atomic mass is 10.0. The fourth-order valence-electron chi connectivity index (χ4n) is 3.04. The summed E-state index contributed by atoms with van der Waals surface area (Å²) >= 11 is 5.93. The lowest BCUT2D eigenvalue weighted by Crippen LogP contribution is -2.39. The first-order chi connectivity index (χ1) is 11.8. The van der Waals surface area contributed by atoms with Crippen LogP contribution in [-0.2, 0) is 10.0 Å². The molecule has 8 heteroatoms. The summed E-state index contributed by atoms with van der Waals surface area (Å²) in [6, 6.07) is 4.86. The number of carbonyl (C=O) groups excluding carboxylic acids is 1. The van der Waals surface area contributed by atoms with Crippen LogP contribution >= 0.6 is 11.6 Å². The maximum absolute atomic E-state index is 12.3. The van der Waals surface area contributed by atoms with Gasteiger partial charge in [-0.25, -0.2) is 13.1 Å². The van der Waals surface area contributed by atoms with Gasteiger partial charge in [0.2, 0.25) is 10.0 Å². The minimum atomic E-state index is -3.70. The Balaban J connectivity index is 1.89. The van der Waals surface area contributed by atoms with Gasteiger partial charge in [0, 0.05) is 24.7 Å². The van der Waals surface area contributed by atoms with E-state index < -0.39 is 10.0 Å². The largest absolute Gasteiger partial charge is 0.352 e. The van der Waals surface area contributed by atoms with E-state index in [0.29, 0.717) is 12.6 Å². The summed E-state index contributed by atoms with van der Waals surface area (Å²) in [5, 5.41) is 2.93. The molecule has 1 fully saturated rings. The predicted octanol–water partition coefficient (Wildman–Crippen LogP) is 2.24. The Bertz CT molecular complexity index is 709. The number of nitrogens with one attached hydrogen (secondary N) is 2. The van der Waals surface area contributed by atoms with Crippen molar-refractivity contribution in [2.24, 2.45) is 0 Å². The molecular weight excluding hydrogens is 362 g/mol. The number of rotatable bonds is 7. The van der Waals surface area contributed by atoms with Gasteiger partial charge in [0.05, 0.1) is 5.02 Å². The van der Waals surface area contributed by atoms with Gasteiger partial charge in [-0.2, -0.15) is 0 Å². The highest BCUT2D eigenvalue weighted by Gasteiger charge is 2.19. The van der Waals surface area contributed by atoms with Crippen LogP contribution in [0.4, 0.5) is 0 Å². The van der Waals surface area contributed by atoms with E-state index in [0.717, 1.165) is 19.5 Å². The molecule has 140 valence electrons. The number of sulfonamides is 1. The van der Waals surface area contributed by atoms with Gasteiger partial charge < -0.3 is 10.2 Å². The Hall–Kier alpha value is -1.15. The summed E-state index contributed by atoms with van der Waals surface area (Å²) in [7, 11) is -2.39. The molecule has 1 heterocycles. The number of likely N-dealkylation sites (tertiary alicyclic amines) is 1. The normalized spacial score (nSPS) is 18.9. The molecule has 0 aliphatic carbocycles. The Morgan fingerprint density at radius 3 is 2.80 bits per heavy atom. The lowest BCUT2D eigenvalue weighted by molar-refractivity contribution is 0.0948. The van der Waals surface area contributed by atoms with E-state index in [1.165, 1.54) is 44.5 Å². The molecule has 0 radical (unpaired) electrons. The maximum atomic E-state index is 12.3. The first kappa shape index (κ1) is 20.2. The fourth-order valence-corrected chi connectivity index (χ4v) is 4.29. The quantitative estimate of drug-likeness (QED) is 0.703. The third-order valence-electron chi connectivity index (χ3n) is 4.60. The van der Waals surface area contributed by atoms with Gasteiger partial charge in [-0.05, 0) is 58.0 Å². The van der Waals surface area contributed by atoms with Crippen LogP contribution < -0.4 is 10.0 Å². The number of amides is 1. The van der Waals surface area contributed by atoms with Crippen LogP contribution in [0.2, 0.25) is 5.02 Å². The summed E-state index contributed by atoms with van der Waals surface area (Å²) in [6.07, 6.45) is 4.64. The second-order valence-electron chi connectivity index (χ2n) is 6.34. The molecule has 0 spiro atoms. The standard InChI is InChI=1S/C17H26ClN3O3S/c1-13-6-3-4-10-21(13)11-5-9-20-17(22)14-7-8-15(18)16(12-14)25(23,24)19-2/h7-8,12-13,19H,3-6,9-11H2,1-2H3,(H,20,22)/t13-/m0/s1. The topological polar surface area (TPSA) is 78.5 Å². The monoisotopic (exact) mass is 387 g/mol. The van der Waals surface area contributed by atoms with E-state index in [1.54, 1.807) is 0 Å². The molecule has 1 amide bonds. The van der Waals surface area contributed by atoms with Crippen molar-refractivity contribution in [2.45, 2.75) is 43.5 Å². The number of hydrogen-bond donors (Lipinski definition) is 2. The zero-order valence-electron chi connectivity index (χ0n) is 14.7. The van der Waals surface area contributed by atoms with Crippen LogP contribution in [0.5, 0.6) is 0 Å². The molecule has 25 heavy (non-hydrogen) atoms. The van der Waals surface area contributed by atoms with Crippen molar-refractivity contribution in [2.75, 3.05) is 26.7 Å². The summed E-state index contributed by atoms with van der Waals surface area (Å²) in [4.78, 5) is 14.6. The minimum absolute atomic E-state index is 0.0880. The van der Waals surface area contributed by atoms with E-state index in [4.69, 9.17) is 11.6 Å². The highest BCUT2D eigenvalue weighted by molar-refractivity contribution is 7.89. The van der Waals surface area contributed by atoms with Crippen LogP contribution in [-0.4, -0.2) is 51.9 Å². The summed E-state index contributed by atoms with van der Waals surface area (Å²) in [5.74, 6) is -0.295. The van der Waals surface area contributed by atoms with Crippen LogP contribution in [0.1, 0.15) is 43.0 Å². The number of nitrogens with zero attached hydrogens (tertiary/aromatic N) is 1. The number of piperidine rings is 1. The molecule has 0 unspecified atom stereocenters. The molecule has 1 aliphatic rings. The van der Waals surface area contributed by atoms with Crippen LogP contribution in [0, 0.1) is 0 Å². The minimum Gasteiger partial charge on any atom is -0.352 e. The van der Waals surface area contributed by atoms with Crippen molar-refractivity contribution in [1.29, 1.82) is 0 Å². The third-order valence-corrected chi connectivity index (χ3v) is 6.50. The van der Waals surface area contributed by atoms with Crippen molar-refractivity contribution < 1.29 is 13.2 Å². The highest BCUT2D eigenvalue weighted by atomic mass is 35.5. The number of hydrogen-bond acceptors (Lipinski definition) is 4. The Morgan fingerprint density at radius 2 is 2.12 bits per heavy atom. The van der Waals surface area contributed by atoms with Crippen molar-refractivity contribution >= 4 is 27.5 Å². The van der Waals surface area contributed by atoms with Gasteiger partial charge in [0.1, 0.15) is 4.90 Å². The fraction of sp³-hybridized carbons (Fsp3) is 0.588. The maximum Gasteiger partial charge on any atom is 0.251 e. The van der Waals surface area contributed by atoms with Crippen LogP contribution in [0.25, 0.3) is 0 Å². The van der Waals surface area contributed by atoms with E-state index >= 15 is 0 Å². The van der Waals surface area contributed by atoms with Gasteiger partial charge in [0.25, 0.3) is 5.91 Å². The van der Waals surface area contributed by atoms with E-state index in [9.17, 15) is 13.2 Å². The molecule has 0 saturated carbocycles. The molecule has 1 atom stereocenters. The van der Waals surface area contributed by atoms with Crippen molar-refractivity contribution in [3.05, 3.63) is 28.8 Å². The molecule has 1 aromatic carbocycles. The van der Waals surface area contributed by atoms with E-state index in [-0.39, 0.29) is 21.4 Å². The first-order valence-electron chi connectivity index (χ1n) is 8.60. The van der Waals surface area contributed by atoms with E-state index in [2.05, 4.69) is 21.9 Å². The van der Waals surface area contributed by atoms with Gasteiger partial charge in [-0.1, -0.05) is 18.0 Å². The Labute approximate surface area is 155 Å². The summed E-state index contributed by atoms with van der Waals surface area (Å²) in [5.41, 5.74) is 0.282. The Kier molecular flexibility index (Phi) is 7.25. The number of benzene rings is 1. The highest BCUT2D eigenvalue weighted by Crippen LogP contribution is 2.22. The number of halogens is 1. The second-order valence-corrected chi connectivity index (χ2v) is 8.61. The van der Waals surface area contributed by atoms with Crippen molar-refractivity contribution in [3.8, 4) is 0 Å². The molecule has 0 bridgehead atoms. The first-order valence-corrected chi connectivity index (χ1v) is 10.5. The Morgan fingerprint density at radius 1 is 1.36 bits per heavy atom. The molecule has 1 aromatic rings. The summed E-state index contributed by atoms with van der Waals surface area (Å²) < 4.78 is 26.1. The number of carbonyl (C=O) groups is 1. The third kappa shape index (κ3) is 5.41. The SMILES string of the molecule is CNS(=O)(=O)c1cc(C(=O)NCCCN2CCCC[C@@H]2C)ccc1Cl. The van der Waals surface area contributed by atoms with Crippen molar-refractivity contribution in [3.63, 3.8) is 0 Å². The van der Waals surface area contributed by atoms with Crippen LogP contribution in [0.3, 0.4) is 0 Å². The molecule has 2 rings (SSSR count). The molecule has 1 saturated heterocycles. The molecule has 6 nitrogen and oxygen atoms in total. The average molecular weight is 388 g/mol. The predicted molar refractivity (Wildman–Crippen MR) is 99.5 cm³/mol. The van der Waals surface area contributed by atoms with Gasteiger partial charge in [0.15, 0.2) is 0 Å². The van der Waals surface area contributed by atoms with Crippen LogP contribution in [0.15, 0.2) is 23.1 Å². The summed E-state index contributed by atoms with van der Waals surface area (Å²) in [6.45, 7) is 4.88. The van der Waals surface area contributed by atoms with Gasteiger partial charge >= 0.3 is 0 Å². The lowest BCUT2D eigenvalue weighted by Gasteiger charge is -2.33. The molecule has 2 N–H and O–H groups in total. The smallest absolute Gasteiger partial charge is 0.251 e. The zero-order chi connectivity index (χ0) is 18.4. The molecule has 0 aromatic heterocycles. The zero-order valence-corrected chi connectivity index (χ0v) is 16.3. The van der Waals surface area contributed by atoms with E-state index in [1.807, 2.05) is 0 Å². The molecular formula is C17H26ClN3O3S. The average Bonchev–Trinajstić information content (AvgIpc) is 2.60. The second kappa shape index (κ2) is 8.98. The molecule has 1 aliphatic heterocycles. The van der Waals surface area contributed by atoms with Gasteiger partial charge in [-0.3, -0.25) is 4.79 Å². The van der Waals surface area contributed by atoms with Crippen molar-refractivity contribution in [1.82, 2.24) is 14.9 Å².